The number of aliphatic imine (C=N–C) groups is 1. The molecule has 3 nitrogen and oxygen atoms in total. The molecule has 1 aromatic rings. The fraction of sp³-hybridized carbons (Fsp3) is 0.667. The van der Waals surface area contributed by atoms with Crippen LogP contribution in [0.2, 0.25) is 0 Å². The quantitative estimate of drug-likeness (QED) is 0.383. The molecule has 1 N–H and O–H groups in total. The highest BCUT2D eigenvalue weighted by Crippen LogP contribution is 2.60. The van der Waals surface area contributed by atoms with Gasteiger partial charge in [0.25, 0.3) is 0 Å². The zero-order chi connectivity index (χ0) is 14.2. The van der Waals surface area contributed by atoms with Crippen molar-refractivity contribution in [3.8, 4) is 0 Å². The van der Waals surface area contributed by atoms with Gasteiger partial charge in [-0.2, -0.15) is 0 Å². The lowest BCUT2D eigenvalue weighted by Crippen LogP contribution is -2.41. The molecule has 6 heteroatoms. The van der Waals surface area contributed by atoms with E-state index in [0.29, 0.717) is 5.41 Å². The van der Waals surface area contributed by atoms with Crippen molar-refractivity contribution in [3.63, 3.8) is 0 Å². The Balaban J connectivity index is 0.00000161. The van der Waals surface area contributed by atoms with Crippen molar-refractivity contribution in [1.82, 2.24) is 10.2 Å². The van der Waals surface area contributed by atoms with E-state index in [1.165, 1.54) is 34.3 Å². The van der Waals surface area contributed by atoms with E-state index in [4.69, 9.17) is 0 Å². The summed E-state index contributed by atoms with van der Waals surface area (Å²) in [5.41, 5.74) is 0.614. The summed E-state index contributed by atoms with van der Waals surface area (Å²) in [5.74, 6) is 2.01. The minimum Gasteiger partial charge on any atom is -0.356 e. The fourth-order valence-corrected chi connectivity index (χ4v) is 4.51. The first-order valence-corrected chi connectivity index (χ1v) is 8.90. The van der Waals surface area contributed by atoms with E-state index in [9.17, 15) is 0 Å². The van der Waals surface area contributed by atoms with Crippen molar-refractivity contribution in [1.29, 1.82) is 0 Å². The van der Waals surface area contributed by atoms with Gasteiger partial charge in [-0.15, -0.1) is 35.3 Å². The molecule has 0 radical (unpaired) electrons. The number of halogens is 2. The van der Waals surface area contributed by atoms with Gasteiger partial charge in [0.15, 0.2) is 5.96 Å². The molecule has 0 bridgehead atoms. The van der Waals surface area contributed by atoms with Crippen LogP contribution in [0.1, 0.15) is 30.6 Å². The van der Waals surface area contributed by atoms with Crippen LogP contribution in [0.5, 0.6) is 0 Å². The second-order valence-corrected chi connectivity index (χ2v) is 8.65. The predicted molar refractivity (Wildman–Crippen MR) is 105 cm³/mol. The van der Waals surface area contributed by atoms with Gasteiger partial charge in [-0.1, -0.05) is 0 Å². The molecule has 0 spiro atoms. The highest BCUT2D eigenvalue weighted by Gasteiger charge is 2.53. The zero-order valence-corrected chi connectivity index (χ0v) is 17.3. The largest absolute Gasteiger partial charge is 0.356 e. The molecule has 0 atom stereocenters. The number of guanidine groups is 1. The summed E-state index contributed by atoms with van der Waals surface area (Å²) < 4.78 is 1.19. The number of hydrogen-bond acceptors (Lipinski definition) is 2. The smallest absolute Gasteiger partial charge is 0.193 e. The van der Waals surface area contributed by atoms with Crippen molar-refractivity contribution in [2.75, 3.05) is 20.6 Å². The van der Waals surface area contributed by atoms with Crippen LogP contribution in [0.3, 0.4) is 0 Å². The molecule has 0 aromatic carbocycles. The lowest BCUT2D eigenvalue weighted by atomic mass is 10.0. The third kappa shape index (κ3) is 4.34. The molecule has 21 heavy (non-hydrogen) atoms. The summed E-state index contributed by atoms with van der Waals surface area (Å²) in [6.07, 6.45) is 5.70. The Morgan fingerprint density at radius 3 is 2.67 bits per heavy atom. The number of thiophene rings is 1. The maximum atomic E-state index is 4.43. The summed E-state index contributed by atoms with van der Waals surface area (Å²) in [4.78, 5) is 7.99. The van der Waals surface area contributed by atoms with Gasteiger partial charge in [0.2, 0.25) is 0 Å². The van der Waals surface area contributed by atoms with Crippen molar-refractivity contribution in [2.45, 2.75) is 32.2 Å². The van der Waals surface area contributed by atoms with Gasteiger partial charge in [0, 0.05) is 25.5 Å². The lowest BCUT2D eigenvalue weighted by molar-refractivity contribution is 0.410. The third-order valence-electron chi connectivity index (χ3n) is 4.53. The van der Waals surface area contributed by atoms with Crippen LogP contribution >= 0.6 is 51.2 Å². The summed E-state index contributed by atoms with van der Waals surface area (Å²) in [6, 6.07) is 4.28. The van der Waals surface area contributed by atoms with E-state index in [2.05, 4.69) is 50.3 Å². The van der Waals surface area contributed by atoms with Crippen LogP contribution in [0.4, 0.5) is 0 Å². The SMILES string of the molecule is CN=C(NCC1(C2CC2)CC1)N(C)Cc1ccc(Br)s1.I. The van der Waals surface area contributed by atoms with Crippen LogP contribution in [-0.2, 0) is 6.54 Å². The molecule has 2 aliphatic carbocycles. The molecule has 1 aromatic heterocycles. The molecule has 0 unspecified atom stereocenters. The maximum absolute atomic E-state index is 4.43. The average molecular weight is 484 g/mol. The van der Waals surface area contributed by atoms with Crippen molar-refractivity contribution >= 4 is 57.2 Å². The van der Waals surface area contributed by atoms with Gasteiger partial charge < -0.3 is 10.2 Å². The van der Waals surface area contributed by atoms with Crippen molar-refractivity contribution in [3.05, 3.63) is 20.8 Å². The predicted octanol–water partition coefficient (Wildman–Crippen LogP) is 4.33. The van der Waals surface area contributed by atoms with Crippen molar-refractivity contribution in [2.24, 2.45) is 16.3 Å². The van der Waals surface area contributed by atoms with E-state index in [0.717, 1.165) is 25.0 Å². The average Bonchev–Trinajstić information content (AvgIpc) is 3.31. The van der Waals surface area contributed by atoms with Gasteiger partial charge in [0.1, 0.15) is 0 Å². The summed E-state index contributed by atoms with van der Waals surface area (Å²) in [5, 5.41) is 3.59. The van der Waals surface area contributed by atoms with Gasteiger partial charge in [0.05, 0.1) is 10.3 Å². The summed E-state index contributed by atoms with van der Waals surface area (Å²) >= 11 is 5.31. The van der Waals surface area contributed by atoms with Gasteiger partial charge in [-0.05, 0) is 65.1 Å². The first-order chi connectivity index (χ1) is 9.63. The number of hydrogen-bond donors (Lipinski definition) is 1. The van der Waals surface area contributed by atoms with E-state index in [-0.39, 0.29) is 24.0 Å². The van der Waals surface area contributed by atoms with Crippen molar-refractivity contribution < 1.29 is 0 Å². The van der Waals surface area contributed by atoms with Crippen LogP contribution in [0.25, 0.3) is 0 Å². The minimum atomic E-state index is 0. The second-order valence-electron chi connectivity index (χ2n) is 6.10. The molecule has 0 amide bonds. The second kappa shape index (κ2) is 7.17. The van der Waals surface area contributed by atoms with Crippen LogP contribution in [-0.4, -0.2) is 31.5 Å². The molecule has 3 rings (SSSR count). The fourth-order valence-electron chi connectivity index (χ4n) is 2.97. The first-order valence-electron chi connectivity index (χ1n) is 7.29. The monoisotopic (exact) mass is 483 g/mol. The Labute approximate surface area is 156 Å². The van der Waals surface area contributed by atoms with Gasteiger partial charge >= 0.3 is 0 Å². The Hall–Kier alpha value is 0.180. The summed E-state index contributed by atoms with van der Waals surface area (Å²) in [7, 11) is 3.99. The molecule has 0 aliphatic heterocycles. The minimum absolute atomic E-state index is 0. The third-order valence-corrected chi connectivity index (χ3v) is 6.14. The highest BCUT2D eigenvalue weighted by atomic mass is 127. The molecule has 1 heterocycles. The van der Waals surface area contributed by atoms with E-state index in [1.807, 2.05) is 7.05 Å². The molecule has 0 saturated heterocycles. The normalized spacial score (nSPS) is 19.9. The molecule has 2 fully saturated rings. The van der Waals surface area contributed by atoms with Gasteiger partial charge in [-0.3, -0.25) is 4.99 Å². The number of rotatable bonds is 5. The molecule has 2 saturated carbocycles. The Morgan fingerprint density at radius 1 is 1.48 bits per heavy atom. The molecule has 118 valence electrons. The summed E-state index contributed by atoms with van der Waals surface area (Å²) in [6.45, 7) is 2.01. The van der Waals surface area contributed by atoms with Gasteiger partial charge in [-0.25, -0.2) is 0 Å². The number of nitrogens with one attached hydrogen (secondary N) is 1. The topological polar surface area (TPSA) is 27.6 Å². The Morgan fingerprint density at radius 2 is 2.19 bits per heavy atom. The molecular weight excluding hydrogens is 461 g/mol. The van der Waals surface area contributed by atoms with Crippen LogP contribution < -0.4 is 5.32 Å². The standard InChI is InChI=1S/C15H22BrN3S.HI/c1-17-14(18-10-15(7-8-15)11-3-4-11)19(2)9-12-5-6-13(16)20-12;/h5-6,11H,3-4,7-10H2,1-2H3,(H,17,18);1H. The first kappa shape index (κ1) is 17.5. The van der Waals surface area contributed by atoms with E-state index in [1.54, 1.807) is 11.3 Å². The Bertz CT molecular complexity index is 509. The van der Waals surface area contributed by atoms with E-state index < -0.39 is 0 Å². The van der Waals surface area contributed by atoms with E-state index >= 15 is 0 Å². The highest BCUT2D eigenvalue weighted by molar-refractivity contribution is 14.0. The number of nitrogens with zero attached hydrogens (tertiary/aromatic N) is 2. The van der Waals surface area contributed by atoms with Crippen LogP contribution in [0.15, 0.2) is 20.9 Å². The maximum Gasteiger partial charge on any atom is 0.193 e. The zero-order valence-electron chi connectivity index (χ0n) is 12.6. The molecule has 2 aliphatic rings. The Kier molecular flexibility index (Phi) is 5.99. The molecular formula is C15H23BrIN3S. The lowest BCUT2D eigenvalue weighted by Gasteiger charge is -2.24. The van der Waals surface area contributed by atoms with Crippen LogP contribution in [0, 0.1) is 11.3 Å².